The molecule has 0 saturated carbocycles. The van der Waals surface area contributed by atoms with Gasteiger partial charge in [0.05, 0.1) is 12.6 Å². The van der Waals surface area contributed by atoms with E-state index in [0.717, 1.165) is 4.57 Å². The van der Waals surface area contributed by atoms with Gasteiger partial charge >= 0.3 is 11.7 Å². The summed E-state index contributed by atoms with van der Waals surface area (Å²) in [6.07, 6.45) is 0. The van der Waals surface area contributed by atoms with Crippen molar-refractivity contribution in [3.8, 4) is 0 Å². The van der Waals surface area contributed by atoms with Crippen molar-refractivity contribution in [3.05, 3.63) is 38.7 Å². The van der Waals surface area contributed by atoms with Gasteiger partial charge < -0.3 is 9.72 Å². The summed E-state index contributed by atoms with van der Waals surface area (Å²) >= 11 is 0. The largest absolute Gasteiger partial charge is 0.468 e. The Bertz CT molecular complexity index is 729. The van der Waals surface area contributed by atoms with Crippen LogP contribution in [0.4, 0.5) is 0 Å². The van der Waals surface area contributed by atoms with Crippen LogP contribution < -0.4 is 11.2 Å². The zero-order valence-electron chi connectivity index (χ0n) is 9.89. The summed E-state index contributed by atoms with van der Waals surface area (Å²) in [6, 6.07) is 3.28. The number of H-pyrrole nitrogens is 1. The Labute approximate surface area is 101 Å². The minimum Gasteiger partial charge on any atom is -0.468 e. The number of aromatic amines is 1. The van der Waals surface area contributed by atoms with Crippen LogP contribution in [0.25, 0.3) is 11.0 Å². The van der Waals surface area contributed by atoms with Crippen LogP contribution in [0.5, 0.6) is 0 Å². The molecule has 0 spiro atoms. The van der Waals surface area contributed by atoms with E-state index in [1.165, 1.54) is 7.11 Å². The molecule has 0 aromatic carbocycles. The number of rotatable bonds is 2. The van der Waals surface area contributed by atoms with Gasteiger partial charge in [0.25, 0.3) is 5.56 Å². The lowest BCUT2D eigenvalue weighted by Gasteiger charge is -2.04. The van der Waals surface area contributed by atoms with E-state index in [9.17, 15) is 14.4 Å². The second kappa shape index (κ2) is 4.44. The number of fused-ring (bicyclic) bond motifs is 1. The molecule has 2 aromatic heterocycles. The second-order valence-electron chi connectivity index (χ2n) is 3.75. The third-order valence-electron chi connectivity index (χ3n) is 2.48. The maximum atomic E-state index is 12.0. The summed E-state index contributed by atoms with van der Waals surface area (Å²) in [4.78, 5) is 41.4. The first-order chi connectivity index (χ1) is 8.52. The van der Waals surface area contributed by atoms with Crippen molar-refractivity contribution in [2.45, 2.75) is 13.5 Å². The number of carbonyl (C=O) groups is 1. The van der Waals surface area contributed by atoms with Crippen LogP contribution in [-0.4, -0.2) is 27.6 Å². The molecule has 0 radical (unpaired) electrons. The van der Waals surface area contributed by atoms with Crippen molar-refractivity contribution >= 4 is 17.0 Å². The molecule has 0 bridgehead atoms. The number of pyridine rings is 1. The van der Waals surface area contributed by atoms with E-state index in [2.05, 4.69) is 14.7 Å². The number of nitrogens with one attached hydrogen (secondary N) is 1. The average Bonchev–Trinajstić information content (AvgIpc) is 2.35. The molecule has 0 amide bonds. The highest BCUT2D eigenvalue weighted by Gasteiger charge is 2.12. The van der Waals surface area contributed by atoms with Gasteiger partial charge in [-0.1, -0.05) is 0 Å². The Hall–Kier alpha value is -2.44. The Morgan fingerprint density at radius 2 is 2.17 bits per heavy atom. The number of nitrogens with zero attached hydrogens (tertiary/aromatic N) is 2. The number of esters is 1. The van der Waals surface area contributed by atoms with Gasteiger partial charge in [-0.2, -0.15) is 0 Å². The lowest BCUT2D eigenvalue weighted by Crippen LogP contribution is -2.38. The van der Waals surface area contributed by atoms with Crippen LogP contribution in [0.2, 0.25) is 0 Å². The van der Waals surface area contributed by atoms with E-state index in [1.807, 2.05) is 0 Å². The summed E-state index contributed by atoms with van der Waals surface area (Å²) in [5.41, 5.74) is -0.155. The number of hydrogen-bond donors (Lipinski definition) is 1. The molecular weight excluding hydrogens is 238 g/mol. The van der Waals surface area contributed by atoms with Crippen molar-refractivity contribution in [1.29, 1.82) is 0 Å². The monoisotopic (exact) mass is 249 g/mol. The topological polar surface area (TPSA) is 94.1 Å². The third-order valence-corrected chi connectivity index (χ3v) is 2.48. The van der Waals surface area contributed by atoms with E-state index in [1.54, 1.807) is 19.1 Å². The van der Waals surface area contributed by atoms with E-state index in [0.29, 0.717) is 11.2 Å². The molecule has 2 aromatic rings. The molecule has 7 heteroatoms. The average molecular weight is 249 g/mol. The quantitative estimate of drug-likeness (QED) is 0.728. The molecular formula is C11H11N3O4. The maximum Gasteiger partial charge on any atom is 0.329 e. The normalized spacial score (nSPS) is 10.6. The summed E-state index contributed by atoms with van der Waals surface area (Å²) < 4.78 is 5.19. The van der Waals surface area contributed by atoms with Crippen LogP contribution in [0.15, 0.2) is 21.7 Å². The molecule has 0 atom stereocenters. The van der Waals surface area contributed by atoms with Gasteiger partial charge in [-0.15, -0.1) is 0 Å². The smallest absolute Gasteiger partial charge is 0.329 e. The first kappa shape index (κ1) is 12.0. The van der Waals surface area contributed by atoms with Crippen LogP contribution in [0.3, 0.4) is 0 Å². The Morgan fingerprint density at radius 1 is 1.44 bits per heavy atom. The summed E-state index contributed by atoms with van der Waals surface area (Å²) in [6.45, 7) is 1.30. The first-order valence-corrected chi connectivity index (χ1v) is 5.20. The highest BCUT2D eigenvalue weighted by Crippen LogP contribution is 2.02. The highest BCUT2D eigenvalue weighted by molar-refractivity contribution is 5.73. The number of ether oxygens (including phenoxy) is 1. The molecule has 2 heterocycles. The predicted molar refractivity (Wildman–Crippen MR) is 63.4 cm³/mol. The molecule has 0 fully saturated rings. The Kier molecular flexibility index (Phi) is 2.97. The standard InChI is InChI=1S/C11H11N3O4/c1-6-3-4-7-9(12-6)10(16)14(11(17)13-7)5-8(15)18-2/h3-4H,5H2,1-2H3,(H,13,17). The van der Waals surface area contributed by atoms with Crippen LogP contribution in [-0.2, 0) is 16.1 Å². The zero-order chi connectivity index (χ0) is 13.3. The summed E-state index contributed by atoms with van der Waals surface area (Å²) in [7, 11) is 1.19. The fourth-order valence-corrected chi connectivity index (χ4v) is 1.56. The molecule has 0 saturated heterocycles. The molecule has 18 heavy (non-hydrogen) atoms. The molecule has 1 N–H and O–H groups in total. The number of aromatic nitrogens is 3. The van der Waals surface area contributed by atoms with E-state index < -0.39 is 23.8 Å². The van der Waals surface area contributed by atoms with Crippen LogP contribution >= 0.6 is 0 Å². The highest BCUT2D eigenvalue weighted by atomic mass is 16.5. The van der Waals surface area contributed by atoms with Crippen molar-refractivity contribution in [1.82, 2.24) is 14.5 Å². The number of aryl methyl sites for hydroxylation is 1. The lowest BCUT2D eigenvalue weighted by atomic mass is 10.3. The van der Waals surface area contributed by atoms with Gasteiger partial charge in [-0.3, -0.25) is 9.59 Å². The van der Waals surface area contributed by atoms with Crippen LogP contribution in [0.1, 0.15) is 5.69 Å². The van der Waals surface area contributed by atoms with E-state index in [4.69, 9.17) is 0 Å². The zero-order valence-corrected chi connectivity index (χ0v) is 9.89. The Balaban J connectivity index is 2.71. The fourth-order valence-electron chi connectivity index (χ4n) is 1.56. The van der Waals surface area contributed by atoms with Gasteiger partial charge in [0, 0.05) is 5.69 Å². The molecule has 0 aliphatic carbocycles. The van der Waals surface area contributed by atoms with Crippen molar-refractivity contribution in [3.63, 3.8) is 0 Å². The number of carbonyl (C=O) groups excluding carboxylic acids is 1. The van der Waals surface area contributed by atoms with Crippen molar-refractivity contribution in [2.75, 3.05) is 7.11 Å². The Morgan fingerprint density at radius 3 is 2.83 bits per heavy atom. The minimum atomic E-state index is -0.672. The van der Waals surface area contributed by atoms with Gasteiger partial charge in [0.15, 0.2) is 5.52 Å². The van der Waals surface area contributed by atoms with Gasteiger partial charge in [-0.05, 0) is 19.1 Å². The van der Waals surface area contributed by atoms with Crippen molar-refractivity contribution < 1.29 is 9.53 Å². The van der Waals surface area contributed by atoms with E-state index in [-0.39, 0.29) is 5.52 Å². The molecule has 0 aliphatic heterocycles. The molecule has 7 nitrogen and oxygen atoms in total. The molecule has 94 valence electrons. The first-order valence-electron chi connectivity index (χ1n) is 5.20. The SMILES string of the molecule is COC(=O)Cn1c(=O)[nH]c2ccc(C)nc2c1=O. The van der Waals surface area contributed by atoms with E-state index >= 15 is 0 Å². The summed E-state index contributed by atoms with van der Waals surface area (Å²) in [5, 5.41) is 0. The summed E-state index contributed by atoms with van der Waals surface area (Å²) in [5.74, 6) is -0.672. The molecule has 2 rings (SSSR count). The maximum absolute atomic E-state index is 12.0. The lowest BCUT2D eigenvalue weighted by molar-refractivity contribution is -0.141. The molecule has 0 aliphatic rings. The number of hydrogen-bond acceptors (Lipinski definition) is 5. The van der Waals surface area contributed by atoms with Gasteiger partial charge in [0.1, 0.15) is 6.54 Å². The van der Waals surface area contributed by atoms with Crippen LogP contribution in [0, 0.1) is 6.92 Å². The van der Waals surface area contributed by atoms with Crippen molar-refractivity contribution in [2.24, 2.45) is 0 Å². The second-order valence-corrected chi connectivity index (χ2v) is 3.75. The molecule has 0 unspecified atom stereocenters. The minimum absolute atomic E-state index is 0.124. The van der Waals surface area contributed by atoms with Gasteiger partial charge in [-0.25, -0.2) is 14.3 Å². The van der Waals surface area contributed by atoms with Gasteiger partial charge in [0.2, 0.25) is 0 Å². The fraction of sp³-hybridized carbons (Fsp3) is 0.273. The predicted octanol–water partition coefficient (Wildman–Crippen LogP) is -0.434. The third kappa shape index (κ3) is 2.02. The number of methoxy groups -OCH3 is 1.